The lowest BCUT2D eigenvalue weighted by Gasteiger charge is -2.14. The smallest absolute Gasteiger partial charge is 0.224 e. The van der Waals surface area contributed by atoms with Crippen molar-refractivity contribution in [1.82, 2.24) is 5.32 Å². The van der Waals surface area contributed by atoms with Gasteiger partial charge in [0, 0.05) is 11.6 Å². The molecule has 0 aliphatic carbocycles. The number of benzene rings is 1. The fourth-order valence-electron chi connectivity index (χ4n) is 2.25. The van der Waals surface area contributed by atoms with Crippen LogP contribution < -0.4 is 11.1 Å². The van der Waals surface area contributed by atoms with E-state index in [1.54, 1.807) is 0 Å². The number of nitrogens with two attached hydrogens (primary N) is 1. The Hall–Kier alpha value is -1.42. The van der Waals surface area contributed by atoms with E-state index in [4.69, 9.17) is 18.0 Å². The number of thiocarbonyl (C=S) groups is 1. The maximum absolute atomic E-state index is 12.0. The van der Waals surface area contributed by atoms with Gasteiger partial charge in [0.15, 0.2) is 0 Å². The summed E-state index contributed by atoms with van der Waals surface area (Å²) in [5.74, 6) is 0.0704. The fourth-order valence-corrected chi connectivity index (χ4v) is 2.38. The van der Waals surface area contributed by atoms with Crippen LogP contribution in [0.25, 0.3) is 0 Å². The van der Waals surface area contributed by atoms with Crippen LogP contribution in [0.3, 0.4) is 0 Å². The van der Waals surface area contributed by atoms with E-state index in [0.717, 1.165) is 17.5 Å². The fraction of sp³-hybridized carbons (Fsp3) is 0.529. The van der Waals surface area contributed by atoms with E-state index in [2.05, 4.69) is 19.2 Å². The first-order valence-corrected chi connectivity index (χ1v) is 8.12. The topological polar surface area (TPSA) is 55.1 Å². The van der Waals surface area contributed by atoms with Crippen LogP contribution in [0.5, 0.6) is 0 Å². The van der Waals surface area contributed by atoms with Crippen molar-refractivity contribution < 1.29 is 4.79 Å². The molecular weight excluding hydrogens is 280 g/mol. The Morgan fingerprint density at radius 3 is 2.48 bits per heavy atom. The summed E-state index contributed by atoms with van der Waals surface area (Å²) in [6.45, 7) is 4.27. The van der Waals surface area contributed by atoms with Crippen LogP contribution in [0, 0.1) is 0 Å². The Morgan fingerprint density at radius 1 is 1.24 bits per heavy atom. The first-order chi connectivity index (χ1) is 10.0. The lowest BCUT2D eigenvalue weighted by Crippen LogP contribution is -2.33. The van der Waals surface area contributed by atoms with E-state index >= 15 is 0 Å². The molecule has 1 aromatic rings. The molecule has 3 nitrogen and oxygen atoms in total. The van der Waals surface area contributed by atoms with Crippen molar-refractivity contribution >= 4 is 23.1 Å². The second-order valence-corrected chi connectivity index (χ2v) is 6.00. The summed E-state index contributed by atoms with van der Waals surface area (Å²) in [5, 5.41) is 3.05. The predicted molar refractivity (Wildman–Crippen MR) is 92.4 cm³/mol. The summed E-state index contributed by atoms with van der Waals surface area (Å²) >= 11 is 4.91. The molecule has 0 saturated heterocycles. The van der Waals surface area contributed by atoms with Crippen molar-refractivity contribution in [1.29, 1.82) is 0 Å². The molecule has 0 heterocycles. The van der Waals surface area contributed by atoms with Crippen LogP contribution in [0.4, 0.5) is 0 Å². The Bertz CT molecular complexity index is 456. The van der Waals surface area contributed by atoms with Gasteiger partial charge in [0.25, 0.3) is 0 Å². The Labute approximate surface area is 133 Å². The van der Waals surface area contributed by atoms with Gasteiger partial charge in [-0.1, -0.05) is 69.1 Å². The minimum atomic E-state index is 0.0704. The number of unbranched alkanes of at least 4 members (excludes halogenated alkanes) is 3. The molecule has 0 aliphatic rings. The highest BCUT2D eigenvalue weighted by molar-refractivity contribution is 7.80. The summed E-state index contributed by atoms with van der Waals surface area (Å²) in [6.07, 6.45) is 6.39. The zero-order valence-electron chi connectivity index (χ0n) is 13.0. The van der Waals surface area contributed by atoms with E-state index in [9.17, 15) is 4.79 Å². The summed E-state index contributed by atoms with van der Waals surface area (Å²) < 4.78 is 0. The summed E-state index contributed by atoms with van der Waals surface area (Å²) in [4.78, 5) is 12.4. The Kier molecular flexibility index (Phi) is 7.98. The van der Waals surface area contributed by atoms with Gasteiger partial charge in [0.1, 0.15) is 4.99 Å². The van der Waals surface area contributed by atoms with Gasteiger partial charge < -0.3 is 11.1 Å². The van der Waals surface area contributed by atoms with Crippen LogP contribution in [-0.2, 0) is 11.2 Å². The zero-order valence-corrected chi connectivity index (χ0v) is 13.8. The van der Waals surface area contributed by atoms with Gasteiger partial charge in [-0.15, -0.1) is 0 Å². The normalized spacial score (nSPS) is 11.9. The molecule has 0 fully saturated rings. The minimum Gasteiger partial charge on any atom is -0.389 e. The van der Waals surface area contributed by atoms with Gasteiger partial charge in [-0.2, -0.15) is 0 Å². The van der Waals surface area contributed by atoms with Crippen LogP contribution in [-0.4, -0.2) is 16.9 Å². The molecule has 0 radical (unpaired) electrons. The third-order valence-electron chi connectivity index (χ3n) is 3.50. The molecule has 0 saturated carbocycles. The van der Waals surface area contributed by atoms with Crippen LogP contribution in [0.1, 0.15) is 57.1 Å². The number of carbonyl (C=O) groups is 1. The molecule has 0 aromatic heterocycles. The van der Waals surface area contributed by atoms with E-state index in [0.29, 0.717) is 11.4 Å². The third kappa shape index (κ3) is 7.23. The molecule has 4 heteroatoms. The molecule has 1 aromatic carbocycles. The highest BCUT2D eigenvalue weighted by Crippen LogP contribution is 2.07. The molecule has 1 amide bonds. The molecule has 1 unspecified atom stereocenters. The quantitative estimate of drug-likeness (QED) is 0.543. The zero-order chi connectivity index (χ0) is 15.7. The van der Waals surface area contributed by atoms with Gasteiger partial charge in [0.05, 0.1) is 6.42 Å². The molecule has 3 N–H and O–H groups in total. The lowest BCUT2D eigenvalue weighted by atomic mass is 10.1. The van der Waals surface area contributed by atoms with E-state index < -0.39 is 0 Å². The minimum absolute atomic E-state index is 0.0704. The summed E-state index contributed by atoms with van der Waals surface area (Å²) in [7, 11) is 0. The Balaban J connectivity index is 2.34. The number of amides is 1. The number of carbonyl (C=O) groups excluding carboxylic acids is 1. The summed E-state index contributed by atoms with van der Waals surface area (Å²) in [5.41, 5.74) is 7.36. The highest BCUT2D eigenvalue weighted by Gasteiger charge is 2.08. The van der Waals surface area contributed by atoms with Gasteiger partial charge in [-0.05, 0) is 18.9 Å². The second-order valence-electron chi connectivity index (χ2n) is 5.56. The van der Waals surface area contributed by atoms with Crippen molar-refractivity contribution in [2.75, 3.05) is 0 Å². The van der Waals surface area contributed by atoms with E-state index in [-0.39, 0.29) is 11.9 Å². The first-order valence-electron chi connectivity index (χ1n) is 7.71. The largest absolute Gasteiger partial charge is 0.389 e. The molecule has 1 atom stereocenters. The molecular formula is C17H26N2OS. The maximum Gasteiger partial charge on any atom is 0.224 e. The Morgan fingerprint density at radius 2 is 1.90 bits per heavy atom. The third-order valence-corrected chi connectivity index (χ3v) is 3.74. The lowest BCUT2D eigenvalue weighted by molar-refractivity contribution is -0.121. The molecule has 1 rings (SSSR count). The van der Waals surface area contributed by atoms with Crippen molar-refractivity contribution in [3.05, 3.63) is 35.4 Å². The SMILES string of the molecule is CCCCCCC(C)NC(=O)Cc1ccc(C(N)=S)cc1. The molecule has 116 valence electrons. The van der Waals surface area contributed by atoms with E-state index in [1.807, 2.05) is 24.3 Å². The van der Waals surface area contributed by atoms with Crippen LogP contribution in [0.2, 0.25) is 0 Å². The first kappa shape index (κ1) is 17.6. The van der Waals surface area contributed by atoms with Crippen molar-refractivity contribution in [3.8, 4) is 0 Å². The number of hydrogen-bond acceptors (Lipinski definition) is 2. The monoisotopic (exact) mass is 306 g/mol. The average molecular weight is 306 g/mol. The molecule has 0 aliphatic heterocycles. The highest BCUT2D eigenvalue weighted by atomic mass is 32.1. The second kappa shape index (κ2) is 9.50. The molecule has 0 spiro atoms. The standard InChI is InChI=1S/C17H26N2OS/c1-3-4-5-6-7-13(2)19-16(20)12-14-8-10-15(11-9-14)17(18)21/h8-11,13H,3-7,12H2,1-2H3,(H2,18,21)(H,19,20). The number of rotatable bonds is 9. The average Bonchev–Trinajstić information content (AvgIpc) is 2.44. The van der Waals surface area contributed by atoms with Gasteiger partial charge in [0.2, 0.25) is 5.91 Å². The van der Waals surface area contributed by atoms with Gasteiger partial charge in [-0.3, -0.25) is 4.79 Å². The number of hydrogen-bond donors (Lipinski definition) is 2. The van der Waals surface area contributed by atoms with Crippen LogP contribution >= 0.6 is 12.2 Å². The van der Waals surface area contributed by atoms with Gasteiger partial charge >= 0.3 is 0 Å². The maximum atomic E-state index is 12.0. The van der Waals surface area contributed by atoms with E-state index in [1.165, 1.54) is 25.7 Å². The summed E-state index contributed by atoms with van der Waals surface area (Å²) in [6, 6.07) is 7.77. The van der Waals surface area contributed by atoms with Crippen molar-refractivity contribution in [2.24, 2.45) is 5.73 Å². The van der Waals surface area contributed by atoms with Crippen LogP contribution in [0.15, 0.2) is 24.3 Å². The van der Waals surface area contributed by atoms with Gasteiger partial charge in [-0.25, -0.2) is 0 Å². The molecule has 21 heavy (non-hydrogen) atoms. The molecule has 0 bridgehead atoms. The van der Waals surface area contributed by atoms with Crippen molar-refractivity contribution in [3.63, 3.8) is 0 Å². The van der Waals surface area contributed by atoms with Crippen molar-refractivity contribution in [2.45, 2.75) is 58.4 Å². The predicted octanol–water partition coefficient (Wildman–Crippen LogP) is 3.34. The number of nitrogens with one attached hydrogen (secondary N) is 1.